The van der Waals surface area contributed by atoms with Gasteiger partial charge in [-0.25, -0.2) is 19.5 Å². The molecule has 2 aliphatic rings. The van der Waals surface area contributed by atoms with E-state index in [0.29, 0.717) is 16.3 Å². The average molecular weight is 495 g/mol. The van der Waals surface area contributed by atoms with Crippen LogP contribution >= 0.6 is 35.6 Å². The third-order valence-electron chi connectivity index (χ3n) is 5.07. The second kappa shape index (κ2) is 8.48. The lowest BCUT2D eigenvalue weighted by Gasteiger charge is -2.18. The molecule has 0 aliphatic carbocycles. The Bertz CT molecular complexity index is 1050. The molecular formula is C14H20N5O7P3S+2. The highest BCUT2D eigenvalue weighted by atomic mass is 32.2. The summed E-state index contributed by atoms with van der Waals surface area (Å²) >= 11 is 1.37. The first-order chi connectivity index (χ1) is 14.2. The number of nitrogen functional groups attached to an aromatic ring is 1. The molecule has 2 N–H and O–H groups in total. The van der Waals surface area contributed by atoms with Crippen LogP contribution < -0.4 is 5.73 Å². The van der Waals surface area contributed by atoms with Crippen molar-refractivity contribution in [3.8, 4) is 0 Å². The molecule has 16 heteroatoms. The van der Waals surface area contributed by atoms with Crippen molar-refractivity contribution in [2.75, 3.05) is 24.5 Å². The zero-order valence-electron chi connectivity index (χ0n) is 16.3. The number of thioether (sulfide) groups is 1. The number of nitrogens with two attached hydrogens (primary N) is 1. The zero-order chi connectivity index (χ0) is 21.6. The molecule has 2 fully saturated rings. The summed E-state index contributed by atoms with van der Waals surface area (Å²) in [5.74, 6) is -0.00281. The maximum atomic E-state index is 12.5. The van der Waals surface area contributed by atoms with Crippen LogP contribution in [0.4, 0.5) is 5.82 Å². The second-order valence-corrected chi connectivity index (χ2v) is 12.6. The van der Waals surface area contributed by atoms with Gasteiger partial charge in [-0.2, -0.15) is 0 Å². The van der Waals surface area contributed by atoms with Crippen molar-refractivity contribution >= 4 is 52.6 Å². The van der Waals surface area contributed by atoms with Gasteiger partial charge >= 0.3 is 29.8 Å². The molecule has 2 saturated heterocycles. The number of nitrogens with zero attached hydrogens (tertiary/aromatic N) is 4. The van der Waals surface area contributed by atoms with Gasteiger partial charge in [0.05, 0.1) is 19.0 Å². The van der Waals surface area contributed by atoms with Gasteiger partial charge in [-0.1, -0.05) is 25.6 Å². The van der Waals surface area contributed by atoms with Crippen LogP contribution in [-0.4, -0.2) is 44.4 Å². The summed E-state index contributed by atoms with van der Waals surface area (Å²) in [6, 6.07) is 0. The van der Waals surface area contributed by atoms with Crippen LogP contribution in [0.1, 0.15) is 20.1 Å². The SMILES string of the molecule is CSc1nc(N)c2ncn(C3OC(COP4(=O)O[P+](=O)C[P+](=O)O4)C(C)C3C)c2n1. The third-order valence-corrected chi connectivity index (χ3v) is 11.0. The van der Waals surface area contributed by atoms with Gasteiger partial charge < -0.3 is 10.5 Å². The first-order valence-electron chi connectivity index (χ1n) is 8.93. The Hall–Kier alpha value is -1.03. The third kappa shape index (κ3) is 4.18. The lowest BCUT2D eigenvalue weighted by atomic mass is 9.93. The molecule has 4 rings (SSSR count). The van der Waals surface area contributed by atoms with Crippen LogP contribution in [0.2, 0.25) is 0 Å². The molecule has 4 heterocycles. The standard InChI is InChI=1S/C14H20N5O7P3S/c1-7-8(2)13(19-5-16-10-11(15)17-14(30-3)18-12(10)19)24-9(7)4-23-29(22)25-27(20)6-28(21)26-29/h5,7-9,13H,4,6H2,1-3H3,(H2,15,17,18)/q+2. The van der Waals surface area contributed by atoms with Gasteiger partial charge in [0.25, 0.3) is 0 Å². The van der Waals surface area contributed by atoms with E-state index in [1.807, 2.05) is 20.1 Å². The number of anilines is 1. The first kappa shape index (κ1) is 22.2. The van der Waals surface area contributed by atoms with Crippen molar-refractivity contribution in [2.24, 2.45) is 11.8 Å². The van der Waals surface area contributed by atoms with Crippen LogP contribution in [-0.2, 0) is 31.6 Å². The highest BCUT2D eigenvalue weighted by Crippen LogP contribution is 2.68. The summed E-state index contributed by atoms with van der Waals surface area (Å²) in [6.07, 6.45) is 2.55. The van der Waals surface area contributed by atoms with Crippen molar-refractivity contribution in [1.29, 1.82) is 0 Å². The van der Waals surface area contributed by atoms with Crippen LogP contribution in [0.5, 0.6) is 0 Å². The summed E-state index contributed by atoms with van der Waals surface area (Å²) in [5.41, 5.74) is 7.03. The van der Waals surface area contributed by atoms with Crippen molar-refractivity contribution in [3.63, 3.8) is 0 Å². The minimum absolute atomic E-state index is 0.00873. The van der Waals surface area contributed by atoms with Gasteiger partial charge in [0.1, 0.15) is 11.7 Å². The van der Waals surface area contributed by atoms with Gasteiger partial charge in [-0.3, -0.25) is 9.09 Å². The molecule has 12 nitrogen and oxygen atoms in total. The Morgan fingerprint density at radius 3 is 2.67 bits per heavy atom. The number of aromatic nitrogens is 4. The van der Waals surface area contributed by atoms with Gasteiger partial charge in [-0.15, -0.1) is 0 Å². The number of ether oxygens (including phenoxy) is 1. The predicted molar refractivity (Wildman–Crippen MR) is 110 cm³/mol. The smallest absolute Gasteiger partial charge is 0.382 e. The van der Waals surface area contributed by atoms with Crippen LogP contribution in [0, 0.1) is 11.8 Å². The fraction of sp³-hybridized carbons (Fsp3) is 0.643. The molecule has 0 amide bonds. The summed E-state index contributed by atoms with van der Waals surface area (Å²) in [7, 11) is -8.88. The Morgan fingerprint density at radius 2 is 2.00 bits per heavy atom. The molecule has 6 atom stereocenters. The van der Waals surface area contributed by atoms with E-state index in [4.69, 9.17) is 23.6 Å². The van der Waals surface area contributed by atoms with Gasteiger partial charge in [0, 0.05) is 5.92 Å². The van der Waals surface area contributed by atoms with E-state index in [0.717, 1.165) is 0 Å². The van der Waals surface area contributed by atoms with E-state index in [1.54, 1.807) is 10.9 Å². The number of phosphoric acid groups is 1. The topological polar surface area (TPSA) is 158 Å². The quantitative estimate of drug-likeness (QED) is 0.363. The van der Waals surface area contributed by atoms with E-state index in [9.17, 15) is 13.7 Å². The largest absolute Gasteiger partial charge is 0.574 e. The summed E-state index contributed by atoms with van der Waals surface area (Å²) in [4.78, 5) is 13.0. The number of imidazole rings is 1. The van der Waals surface area contributed by atoms with Gasteiger partial charge in [0.2, 0.25) is 0 Å². The van der Waals surface area contributed by atoms with Crippen molar-refractivity contribution in [3.05, 3.63) is 6.33 Å². The predicted octanol–water partition coefficient (Wildman–Crippen LogP) is 3.91. The maximum absolute atomic E-state index is 12.5. The maximum Gasteiger partial charge on any atom is 0.574 e. The number of hydrogen-bond acceptors (Lipinski definition) is 12. The molecule has 0 saturated carbocycles. The Labute approximate surface area is 178 Å². The van der Waals surface area contributed by atoms with Gasteiger partial charge in [-0.05, 0) is 29.9 Å². The van der Waals surface area contributed by atoms with E-state index >= 15 is 0 Å². The van der Waals surface area contributed by atoms with Crippen LogP contribution in [0.25, 0.3) is 11.2 Å². The minimum Gasteiger partial charge on any atom is -0.382 e. The molecule has 2 aliphatic heterocycles. The lowest BCUT2D eigenvalue weighted by molar-refractivity contribution is -0.0323. The highest BCUT2D eigenvalue weighted by Gasteiger charge is 2.58. The molecule has 2 aromatic rings. The first-order valence-corrected chi connectivity index (χ1v) is 14.3. The van der Waals surface area contributed by atoms with E-state index in [1.165, 1.54) is 11.8 Å². The van der Waals surface area contributed by atoms with Crippen molar-refractivity contribution < 1.29 is 31.6 Å². The number of hydrogen-bond donors (Lipinski definition) is 1. The molecule has 162 valence electrons. The summed E-state index contributed by atoms with van der Waals surface area (Å²) in [5, 5.41) is 0.522. The van der Waals surface area contributed by atoms with Crippen molar-refractivity contribution in [1.82, 2.24) is 19.5 Å². The molecule has 2 aromatic heterocycles. The van der Waals surface area contributed by atoms with E-state index < -0.39 is 36.2 Å². The van der Waals surface area contributed by atoms with Crippen LogP contribution in [0.3, 0.4) is 0 Å². The zero-order valence-corrected chi connectivity index (χ0v) is 19.8. The Morgan fingerprint density at radius 1 is 1.30 bits per heavy atom. The lowest BCUT2D eigenvalue weighted by Crippen LogP contribution is -2.22. The summed E-state index contributed by atoms with van der Waals surface area (Å²) in [6.45, 7) is 3.82. The molecule has 30 heavy (non-hydrogen) atoms. The molecule has 0 radical (unpaired) electrons. The fourth-order valence-corrected chi connectivity index (χ4v) is 8.67. The Balaban J connectivity index is 1.53. The van der Waals surface area contributed by atoms with Crippen LogP contribution in [0.15, 0.2) is 11.5 Å². The normalized spacial score (nSPS) is 34.6. The molecule has 0 bridgehead atoms. The monoisotopic (exact) mass is 495 g/mol. The Kier molecular flexibility index (Phi) is 6.27. The second-order valence-electron chi connectivity index (χ2n) is 6.92. The fourth-order valence-electron chi connectivity index (χ4n) is 3.33. The van der Waals surface area contributed by atoms with Crippen molar-refractivity contribution in [2.45, 2.75) is 31.3 Å². The van der Waals surface area contributed by atoms with E-state index in [-0.39, 0.29) is 30.2 Å². The van der Waals surface area contributed by atoms with E-state index in [2.05, 4.69) is 15.0 Å². The number of fused-ring (bicyclic) bond motifs is 1. The molecular weight excluding hydrogens is 475 g/mol. The minimum atomic E-state index is -4.17. The molecule has 0 spiro atoms. The molecule has 6 unspecified atom stereocenters. The van der Waals surface area contributed by atoms with Gasteiger partial charge in [0.15, 0.2) is 16.6 Å². The average Bonchev–Trinajstić information content (AvgIpc) is 3.21. The summed E-state index contributed by atoms with van der Waals surface area (Å²) < 4.78 is 58.4. The molecule has 0 aromatic carbocycles. The highest BCUT2D eigenvalue weighted by molar-refractivity contribution is 7.98. The number of rotatable bonds is 5.